The van der Waals surface area contributed by atoms with Crippen molar-refractivity contribution in [2.75, 3.05) is 33.5 Å². The van der Waals surface area contributed by atoms with Crippen LogP contribution in [0.2, 0.25) is 10.0 Å². The first kappa shape index (κ1) is 43.4. The minimum absolute atomic E-state index is 0.0663. The van der Waals surface area contributed by atoms with Crippen LogP contribution in [0.25, 0.3) is 0 Å². The van der Waals surface area contributed by atoms with E-state index in [9.17, 15) is 14.8 Å². The number of rotatable bonds is 20. The zero-order valence-corrected chi connectivity index (χ0v) is 34.9. The Bertz CT molecular complexity index is 1930. The van der Waals surface area contributed by atoms with Gasteiger partial charge in [-0.15, -0.1) is 0 Å². The number of amides is 2. The molecular formula is C44H53Cl2N3O8. The van der Waals surface area contributed by atoms with Crippen LogP contribution in [0.4, 0.5) is 4.79 Å². The second kappa shape index (κ2) is 20.6. The quantitative estimate of drug-likeness (QED) is 0.0536. The molecule has 1 saturated carbocycles. The molecule has 1 aliphatic rings. The first-order valence-corrected chi connectivity index (χ1v) is 20.0. The predicted octanol–water partition coefficient (Wildman–Crippen LogP) is 8.43. The summed E-state index contributed by atoms with van der Waals surface area (Å²) in [4.78, 5) is 29.3. The topological polar surface area (TPSA) is 123 Å². The minimum atomic E-state index is -0.689. The van der Waals surface area contributed by atoms with E-state index in [0.29, 0.717) is 52.6 Å². The number of nitrogens with one attached hydrogen (secondary N) is 1. The zero-order valence-electron chi connectivity index (χ0n) is 33.4. The highest BCUT2D eigenvalue weighted by atomic mass is 35.5. The monoisotopic (exact) mass is 821 g/mol. The third-order valence-electron chi connectivity index (χ3n) is 9.14. The van der Waals surface area contributed by atoms with Crippen LogP contribution in [0.3, 0.4) is 0 Å². The van der Waals surface area contributed by atoms with E-state index in [1.54, 1.807) is 58.2 Å². The number of aromatic nitrogens is 1. The summed E-state index contributed by atoms with van der Waals surface area (Å²) in [5, 5.41) is 16.0. The Morgan fingerprint density at radius 1 is 0.895 bits per heavy atom. The molecule has 1 heterocycles. The van der Waals surface area contributed by atoms with E-state index in [-0.39, 0.29) is 38.3 Å². The van der Waals surface area contributed by atoms with Crippen LogP contribution in [0, 0.1) is 18.0 Å². The molecule has 3 aromatic carbocycles. The normalized spacial score (nSPS) is 13.1. The molecule has 1 aromatic heterocycles. The van der Waals surface area contributed by atoms with E-state index in [1.807, 2.05) is 48.2 Å². The summed E-state index contributed by atoms with van der Waals surface area (Å²) in [7, 11) is 1.68. The van der Waals surface area contributed by atoms with Crippen LogP contribution in [0.1, 0.15) is 68.0 Å². The Hall–Kier alpha value is -4.71. The van der Waals surface area contributed by atoms with Gasteiger partial charge in [0.1, 0.15) is 30.3 Å². The molecule has 4 aromatic rings. The molecule has 1 fully saturated rings. The lowest BCUT2D eigenvalue weighted by molar-refractivity contribution is -0.616. The van der Waals surface area contributed by atoms with Crippen LogP contribution >= 0.6 is 23.2 Å². The summed E-state index contributed by atoms with van der Waals surface area (Å²) in [5.41, 5.74) is 3.61. The average Bonchev–Trinajstić information content (AvgIpc) is 4.00. The maximum Gasteiger partial charge on any atom is 0.407 e. The van der Waals surface area contributed by atoms with Crippen molar-refractivity contribution in [3.05, 3.63) is 122 Å². The van der Waals surface area contributed by atoms with Gasteiger partial charge in [0.05, 0.1) is 16.0 Å². The summed E-state index contributed by atoms with van der Waals surface area (Å²) < 4.78 is 29.4. The van der Waals surface area contributed by atoms with Gasteiger partial charge in [0, 0.05) is 45.0 Å². The van der Waals surface area contributed by atoms with Gasteiger partial charge in [-0.3, -0.25) is 4.79 Å². The maximum absolute atomic E-state index is 14.6. The fourth-order valence-electron chi connectivity index (χ4n) is 6.31. The van der Waals surface area contributed by atoms with Crippen molar-refractivity contribution in [1.29, 1.82) is 0 Å². The molecule has 0 spiro atoms. The number of hydrogen-bond acceptors (Lipinski definition) is 8. The lowest BCUT2D eigenvalue weighted by Crippen LogP contribution is -2.44. The van der Waals surface area contributed by atoms with Gasteiger partial charge in [0.25, 0.3) is 0 Å². The van der Waals surface area contributed by atoms with Crippen molar-refractivity contribution < 1.29 is 38.0 Å². The lowest BCUT2D eigenvalue weighted by Gasteiger charge is -2.29. The maximum atomic E-state index is 14.6. The van der Waals surface area contributed by atoms with Crippen LogP contribution in [0.15, 0.2) is 79.0 Å². The van der Waals surface area contributed by atoms with E-state index >= 15 is 0 Å². The Morgan fingerprint density at radius 2 is 1.60 bits per heavy atom. The van der Waals surface area contributed by atoms with Crippen LogP contribution < -0.4 is 24.3 Å². The van der Waals surface area contributed by atoms with Gasteiger partial charge in [-0.05, 0) is 125 Å². The summed E-state index contributed by atoms with van der Waals surface area (Å²) in [6.45, 7) is 8.97. The van der Waals surface area contributed by atoms with Gasteiger partial charge in [-0.25, -0.2) is 4.79 Å². The number of methoxy groups -OCH3 is 1. The van der Waals surface area contributed by atoms with Crippen LogP contribution in [0.5, 0.6) is 17.2 Å². The molecular weight excluding hydrogens is 769 g/mol. The summed E-state index contributed by atoms with van der Waals surface area (Å²) in [6, 6.07) is 22.4. The third kappa shape index (κ3) is 14.0. The molecule has 1 N–H and O–H groups in total. The van der Waals surface area contributed by atoms with Gasteiger partial charge in [0.2, 0.25) is 11.6 Å². The number of nitrogens with zero attached hydrogens (tertiary/aromatic N) is 2. The molecule has 13 heteroatoms. The highest BCUT2D eigenvalue weighted by molar-refractivity contribution is 6.37. The smallest absolute Gasteiger partial charge is 0.407 e. The second-order valence-electron chi connectivity index (χ2n) is 15.3. The highest BCUT2D eigenvalue weighted by Gasteiger charge is 2.36. The Balaban J connectivity index is 1.29. The van der Waals surface area contributed by atoms with Crippen molar-refractivity contribution in [3.63, 3.8) is 0 Å². The fraction of sp³-hybridized carbons (Fsp3) is 0.432. The lowest BCUT2D eigenvalue weighted by atomic mass is 9.97. The molecule has 0 bridgehead atoms. The van der Waals surface area contributed by atoms with Crippen LogP contribution in [-0.4, -0.2) is 62.0 Å². The minimum Gasteiger partial charge on any atom is -0.618 e. The zero-order chi connectivity index (χ0) is 41.0. The van der Waals surface area contributed by atoms with Crippen molar-refractivity contribution in [2.24, 2.45) is 5.92 Å². The Labute approximate surface area is 345 Å². The van der Waals surface area contributed by atoms with Crippen LogP contribution in [-0.2, 0) is 40.3 Å². The average molecular weight is 823 g/mol. The number of benzene rings is 3. The second-order valence-corrected chi connectivity index (χ2v) is 16.1. The molecule has 57 heavy (non-hydrogen) atoms. The fourth-order valence-corrected chi connectivity index (χ4v) is 7.01. The number of halogens is 2. The summed E-state index contributed by atoms with van der Waals surface area (Å²) in [6.07, 6.45) is 4.60. The molecule has 1 unspecified atom stereocenters. The van der Waals surface area contributed by atoms with Gasteiger partial charge < -0.3 is 39.1 Å². The number of aryl methyl sites for hydroxylation is 2. The molecule has 306 valence electrons. The molecule has 5 rings (SSSR count). The first-order valence-electron chi connectivity index (χ1n) is 19.3. The number of hydrogen-bond donors (Lipinski definition) is 1. The van der Waals surface area contributed by atoms with Gasteiger partial charge in [0.15, 0.2) is 18.6 Å². The standard InChI is InChI=1S/C44H53Cl2N3O8/c1-30-21-39(45)41(40(46)22-30)55-20-19-54-37-15-11-31(12-16-37)24-34(27-47-43(51)57-44(2,3)4)42(50)48(35-13-14-35)28-33-23-32(9-8-18-53-5)25-38(26-33)56-29-36-10-6-7-17-49(36)52/h6-7,10-12,15-17,21-23,25-26,34-35H,8-9,13-14,18-20,24,27-29H2,1-5H3,(H,47,51). The van der Waals surface area contributed by atoms with E-state index in [0.717, 1.165) is 52.7 Å². The van der Waals surface area contributed by atoms with Crippen molar-refractivity contribution >= 4 is 35.2 Å². The number of carbonyl (C=O) groups excluding carboxylic acids is 2. The van der Waals surface area contributed by atoms with Crippen molar-refractivity contribution in [1.82, 2.24) is 10.2 Å². The van der Waals surface area contributed by atoms with E-state index in [1.165, 1.54) is 6.20 Å². The SMILES string of the molecule is COCCCc1cc(CN(C(=O)C(CNC(=O)OC(C)(C)C)Cc2ccc(OCCOc3c(Cl)cc(C)cc3Cl)cc2)C2CC2)cc(OCc2cccc[n+]2[O-])c1. The summed E-state index contributed by atoms with van der Waals surface area (Å²) >= 11 is 12.6. The van der Waals surface area contributed by atoms with Gasteiger partial charge >= 0.3 is 6.09 Å². The Morgan fingerprint density at radius 3 is 2.26 bits per heavy atom. The van der Waals surface area contributed by atoms with E-state index in [4.69, 9.17) is 46.9 Å². The first-order chi connectivity index (χ1) is 27.3. The number of alkyl carbamates (subject to hydrolysis) is 1. The predicted molar refractivity (Wildman–Crippen MR) is 220 cm³/mol. The molecule has 1 aliphatic carbocycles. The molecule has 11 nitrogen and oxygen atoms in total. The number of carbonyl (C=O) groups is 2. The van der Waals surface area contributed by atoms with Crippen molar-refractivity contribution in [2.45, 2.75) is 84.6 Å². The van der Waals surface area contributed by atoms with Crippen molar-refractivity contribution in [3.8, 4) is 17.2 Å². The van der Waals surface area contributed by atoms with E-state index < -0.39 is 17.6 Å². The highest BCUT2D eigenvalue weighted by Crippen LogP contribution is 2.34. The third-order valence-corrected chi connectivity index (χ3v) is 9.70. The molecule has 0 aliphatic heterocycles. The molecule has 2 amide bonds. The molecule has 0 radical (unpaired) electrons. The largest absolute Gasteiger partial charge is 0.618 e. The van der Waals surface area contributed by atoms with Gasteiger partial charge in [-0.1, -0.05) is 41.4 Å². The summed E-state index contributed by atoms with van der Waals surface area (Å²) in [5.74, 6) is 1.03. The molecule has 0 saturated heterocycles. The number of pyridine rings is 1. The van der Waals surface area contributed by atoms with E-state index in [2.05, 4.69) is 11.4 Å². The number of ether oxygens (including phenoxy) is 5. The molecule has 1 atom stereocenters. The Kier molecular flexibility index (Phi) is 15.7. The van der Waals surface area contributed by atoms with Gasteiger partial charge in [-0.2, -0.15) is 4.73 Å².